The van der Waals surface area contributed by atoms with Crippen LogP contribution in [0.3, 0.4) is 0 Å². The summed E-state index contributed by atoms with van der Waals surface area (Å²) in [6.07, 6.45) is 2.96. The van der Waals surface area contributed by atoms with Gasteiger partial charge in [0.15, 0.2) is 0 Å². The van der Waals surface area contributed by atoms with Crippen molar-refractivity contribution in [2.45, 2.75) is 31.7 Å². The number of rotatable bonds is 3. The topological polar surface area (TPSA) is 35.2 Å². The van der Waals surface area contributed by atoms with Gasteiger partial charge in [-0.15, -0.1) is 0 Å². The van der Waals surface area contributed by atoms with E-state index in [-0.39, 0.29) is 17.3 Å². The largest absolute Gasteiger partial charge is 0.496 e. The lowest BCUT2D eigenvalue weighted by Gasteiger charge is -2.32. The van der Waals surface area contributed by atoms with Crippen molar-refractivity contribution in [1.29, 1.82) is 0 Å². The van der Waals surface area contributed by atoms with Crippen molar-refractivity contribution in [3.05, 3.63) is 47.5 Å². The number of nitrogens with two attached hydrogens (primary N) is 1. The molecule has 0 aliphatic carbocycles. The molecule has 1 atom stereocenters. The van der Waals surface area contributed by atoms with Gasteiger partial charge < -0.3 is 10.5 Å². The molecule has 1 aliphatic rings. The molecule has 1 aromatic carbocycles. The molecule has 0 saturated carbocycles. The second-order valence-corrected chi connectivity index (χ2v) is 4.95. The highest BCUT2D eigenvalue weighted by atomic mass is 19.1. The molecule has 0 bridgehead atoms. The predicted molar refractivity (Wildman–Crippen MR) is 66.1 cm³/mol. The van der Waals surface area contributed by atoms with Gasteiger partial charge in [-0.1, -0.05) is 26.0 Å². The van der Waals surface area contributed by atoms with Crippen LogP contribution >= 0.6 is 0 Å². The Morgan fingerprint density at radius 2 is 1.94 bits per heavy atom. The summed E-state index contributed by atoms with van der Waals surface area (Å²) in [5.41, 5.74) is 6.98. The average molecular weight is 235 g/mol. The Labute approximate surface area is 101 Å². The van der Waals surface area contributed by atoms with Crippen molar-refractivity contribution in [3.8, 4) is 0 Å². The molecule has 3 heteroatoms. The van der Waals surface area contributed by atoms with Crippen LogP contribution in [0.5, 0.6) is 0 Å². The first-order valence-corrected chi connectivity index (χ1v) is 5.86. The van der Waals surface area contributed by atoms with Crippen LogP contribution in [0.1, 0.15) is 25.8 Å². The van der Waals surface area contributed by atoms with Crippen molar-refractivity contribution in [1.82, 2.24) is 0 Å². The zero-order valence-corrected chi connectivity index (χ0v) is 10.2. The third kappa shape index (κ3) is 2.34. The summed E-state index contributed by atoms with van der Waals surface area (Å²) >= 11 is 0. The molecule has 0 fully saturated rings. The van der Waals surface area contributed by atoms with Crippen LogP contribution in [-0.4, -0.2) is 12.6 Å². The Hall–Kier alpha value is -1.35. The van der Waals surface area contributed by atoms with E-state index in [0.29, 0.717) is 6.61 Å². The molecule has 2 N–H and O–H groups in total. The first-order valence-electron chi connectivity index (χ1n) is 5.86. The molecular weight excluding hydrogens is 217 g/mol. The summed E-state index contributed by atoms with van der Waals surface area (Å²) in [6, 6.07) is 6.30. The van der Waals surface area contributed by atoms with E-state index >= 15 is 0 Å². The zero-order chi connectivity index (χ0) is 12.5. The van der Waals surface area contributed by atoms with Gasteiger partial charge >= 0.3 is 0 Å². The quantitative estimate of drug-likeness (QED) is 0.874. The molecule has 0 spiro atoms. The Bertz CT molecular complexity index is 422. The van der Waals surface area contributed by atoms with Crippen LogP contribution < -0.4 is 5.73 Å². The van der Waals surface area contributed by atoms with Crippen molar-refractivity contribution in [2.75, 3.05) is 6.61 Å². The number of benzene rings is 1. The third-order valence-corrected chi connectivity index (χ3v) is 3.40. The summed E-state index contributed by atoms with van der Waals surface area (Å²) in [5.74, 6) is 0.619. The fourth-order valence-corrected chi connectivity index (χ4v) is 2.07. The Balaban J connectivity index is 2.25. The van der Waals surface area contributed by atoms with Gasteiger partial charge in [0.1, 0.15) is 11.6 Å². The minimum absolute atomic E-state index is 0.199. The first-order chi connectivity index (χ1) is 8.01. The molecule has 0 saturated heterocycles. The van der Waals surface area contributed by atoms with Crippen LogP contribution in [0.25, 0.3) is 0 Å². The third-order valence-electron chi connectivity index (χ3n) is 3.40. The van der Waals surface area contributed by atoms with Crippen molar-refractivity contribution in [2.24, 2.45) is 5.73 Å². The molecule has 92 valence electrons. The lowest BCUT2D eigenvalue weighted by atomic mass is 9.77. The normalized spacial score (nSPS) is 17.5. The SMILES string of the molecule is CC(C)(c1ccc(F)cc1)C(N)C1=CCCO1. The highest BCUT2D eigenvalue weighted by Crippen LogP contribution is 2.31. The van der Waals surface area contributed by atoms with E-state index in [1.165, 1.54) is 12.1 Å². The van der Waals surface area contributed by atoms with E-state index in [0.717, 1.165) is 17.7 Å². The van der Waals surface area contributed by atoms with Gasteiger partial charge in [0.05, 0.1) is 12.6 Å². The van der Waals surface area contributed by atoms with Crippen molar-refractivity contribution < 1.29 is 9.13 Å². The maximum absolute atomic E-state index is 12.9. The van der Waals surface area contributed by atoms with Gasteiger partial charge in [0, 0.05) is 11.8 Å². The van der Waals surface area contributed by atoms with Crippen molar-refractivity contribution in [3.63, 3.8) is 0 Å². The Kier molecular flexibility index (Phi) is 3.20. The Morgan fingerprint density at radius 1 is 1.29 bits per heavy atom. The van der Waals surface area contributed by atoms with Crippen LogP contribution in [0, 0.1) is 5.82 Å². The molecule has 1 heterocycles. The standard InChI is InChI=1S/C14H18FNO/c1-14(2,10-5-7-11(15)8-6-10)13(16)12-4-3-9-17-12/h4-8,13H,3,9,16H2,1-2H3. The maximum Gasteiger partial charge on any atom is 0.123 e. The minimum Gasteiger partial charge on any atom is -0.496 e. The lowest BCUT2D eigenvalue weighted by Crippen LogP contribution is -2.42. The summed E-state index contributed by atoms with van der Waals surface area (Å²) < 4.78 is 18.4. The molecule has 2 rings (SSSR count). The number of hydrogen-bond donors (Lipinski definition) is 1. The fourth-order valence-electron chi connectivity index (χ4n) is 2.07. The number of hydrogen-bond acceptors (Lipinski definition) is 2. The van der Waals surface area contributed by atoms with Crippen LogP contribution in [-0.2, 0) is 10.2 Å². The van der Waals surface area contributed by atoms with Crippen LogP contribution in [0.2, 0.25) is 0 Å². The van der Waals surface area contributed by atoms with Gasteiger partial charge in [-0.3, -0.25) is 0 Å². The fraction of sp³-hybridized carbons (Fsp3) is 0.429. The summed E-state index contributed by atoms with van der Waals surface area (Å²) in [5, 5.41) is 0. The monoisotopic (exact) mass is 235 g/mol. The van der Waals surface area contributed by atoms with Gasteiger partial charge in [0.2, 0.25) is 0 Å². The van der Waals surface area contributed by atoms with E-state index in [1.807, 2.05) is 19.9 Å². The van der Waals surface area contributed by atoms with Gasteiger partial charge in [-0.25, -0.2) is 4.39 Å². The molecule has 2 nitrogen and oxygen atoms in total. The average Bonchev–Trinajstić information content (AvgIpc) is 2.82. The molecular formula is C14H18FNO. The molecule has 0 aromatic heterocycles. The molecule has 17 heavy (non-hydrogen) atoms. The van der Waals surface area contributed by atoms with Crippen molar-refractivity contribution >= 4 is 0 Å². The molecule has 0 amide bonds. The highest BCUT2D eigenvalue weighted by molar-refractivity contribution is 5.30. The smallest absolute Gasteiger partial charge is 0.123 e. The zero-order valence-electron chi connectivity index (χ0n) is 10.2. The second-order valence-electron chi connectivity index (χ2n) is 4.95. The van der Waals surface area contributed by atoms with Gasteiger partial charge in [0.25, 0.3) is 0 Å². The van der Waals surface area contributed by atoms with Gasteiger partial charge in [-0.2, -0.15) is 0 Å². The first kappa shape index (κ1) is 12.1. The molecule has 1 aliphatic heterocycles. The maximum atomic E-state index is 12.9. The molecule has 1 aromatic rings. The van der Waals surface area contributed by atoms with E-state index < -0.39 is 0 Å². The lowest BCUT2D eigenvalue weighted by molar-refractivity contribution is 0.204. The minimum atomic E-state index is -0.274. The van der Waals surface area contributed by atoms with E-state index in [2.05, 4.69) is 0 Å². The van der Waals surface area contributed by atoms with Gasteiger partial charge in [-0.05, 0) is 23.8 Å². The van der Waals surface area contributed by atoms with E-state index in [9.17, 15) is 4.39 Å². The van der Waals surface area contributed by atoms with E-state index in [4.69, 9.17) is 10.5 Å². The molecule has 1 unspecified atom stereocenters. The van der Waals surface area contributed by atoms with Crippen LogP contribution in [0.15, 0.2) is 36.1 Å². The summed E-state index contributed by atoms with van der Waals surface area (Å²) in [6.45, 7) is 4.81. The summed E-state index contributed by atoms with van der Waals surface area (Å²) in [7, 11) is 0. The van der Waals surface area contributed by atoms with Crippen LogP contribution in [0.4, 0.5) is 4.39 Å². The Morgan fingerprint density at radius 3 is 2.47 bits per heavy atom. The predicted octanol–water partition coefficient (Wildman–Crippen LogP) is 2.73. The van der Waals surface area contributed by atoms with E-state index in [1.54, 1.807) is 12.1 Å². The second kappa shape index (κ2) is 4.49. The number of halogens is 1. The molecule has 0 radical (unpaired) electrons. The number of ether oxygens (including phenoxy) is 1. The summed E-state index contributed by atoms with van der Waals surface area (Å²) in [4.78, 5) is 0. The highest BCUT2D eigenvalue weighted by Gasteiger charge is 2.33.